The second-order valence-corrected chi connectivity index (χ2v) is 12.4. The smallest absolute Gasteiger partial charge is 0.319 e. The average Bonchev–Trinajstić information content (AvgIpc) is 3.39. The highest BCUT2D eigenvalue weighted by atomic mass is 35.5. The number of fused-ring (bicyclic) bond motifs is 4. The number of ether oxygens (including phenoxy) is 2. The van der Waals surface area contributed by atoms with Crippen LogP contribution in [0.1, 0.15) is 27.6 Å². The van der Waals surface area contributed by atoms with E-state index in [1.165, 1.54) is 12.3 Å². The Morgan fingerprint density at radius 2 is 2.11 bits per heavy atom. The number of rotatable bonds is 5. The monoisotopic (exact) mass is 621 g/mol. The average molecular weight is 622 g/mol. The van der Waals surface area contributed by atoms with Gasteiger partial charge in [-0.05, 0) is 30.8 Å². The molecular weight excluding hydrogens is 591 g/mol. The molecule has 1 aliphatic carbocycles. The van der Waals surface area contributed by atoms with Crippen LogP contribution in [0, 0.1) is 29.9 Å². The van der Waals surface area contributed by atoms with Gasteiger partial charge in [-0.1, -0.05) is 30.2 Å². The molecular formula is C33H29ClF3N5O2. The van der Waals surface area contributed by atoms with E-state index in [9.17, 15) is 8.78 Å². The third-order valence-electron chi connectivity index (χ3n) is 9.42. The lowest BCUT2D eigenvalue weighted by molar-refractivity contribution is 0.107. The first-order valence-corrected chi connectivity index (χ1v) is 15.2. The highest BCUT2D eigenvalue weighted by Gasteiger charge is 2.55. The normalized spacial score (nSPS) is 29.1. The van der Waals surface area contributed by atoms with Crippen LogP contribution in [-0.2, 0) is 4.74 Å². The van der Waals surface area contributed by atoms with Gasteiger partial charge in [-0.3, -0.25) is 9.88 Å². The fourth-order valence-electron chi connectivity index (χ4n) is 7.25. The highest BCUT2D eigenvalue weighted by Crippen LogP contribution is 2.46. The van der Waals surface area contributed by atoms with Gasteiger partial charge in [0.15, 0.2) is 5.82 Å². The molecule has 0 spiro atoms. The first kappa shape index (κ1) is 25.7. The summed E-state index contributed by atoms with van der Waals surface area (Å²) in [5.74, 6) is 1.24. The topological polar surface area (TPSA) is 63.6 Å². The van der Waals surface area contributed by atoms with E-state index in [1.807, 2.05) is 4.90 Å². The second kappa shape index (κ2) is 10.5. The zero-order valence-corrected chi connectivity index (χ0v) is 24.3. The Hall–Kier alpha value is -3.65. The molecule has 0 N–H and O–H groups in total. The third kappa shape index (κ3) is 4.31. The number of halogens is 4. The molecule has 2 aromatic heterocycles. The SMILES string of the molecule is [2H]C([2H])(Oc1nc(N2CCOC[C@H]3[C@H](Cl)[C@H]32)c2cnc(-c3cccc4ccc(F)c(C#C)c34)c(F)c2n1)[C@@]12CCCN1C[C@H](F)C2. The van der Waals surface area contributed by atoms with E-state index in [-0.39, 0.29) is 63.8 Å². The lowest BCUT2D eigenvalue weighted by Crippen LogP contribution is -2.43. The van der Waals surface area contributed by atoms with Crippen molar-refractivity contribution in [2.24, 2.45) is 5.92 Å². The molecule has 226 valence electrons. The van der Waals surface area contributed by atoms with Gasteiger partial charge in [0.05, 0.1) is 43.9 Å². The van der Waals surface area contributed by atoms with Gasteiger partial charge in [-0.2, -0.15) is 9.97 Å². The van der Waals surface area contributed by atoms with Crippen molar-refractivity contribution in [1.29, 1.82) is 0 Å². The number of nitrogens with zero attached hydrogens (tertiary/aromatic N) is 5. The Bertz CT molecular complexity index is 1950. The van der Waals surface area contributed by atoms with Crippen molar-refractivity contribution < 1.29 is 25.4 Å². The van der Waals surface area contributed by atoms with E-state index in [4.69, 9.17) is 30.2 Å². The molecule has 0 amide bonds. The van der Waals surface area contributed by atoms with Crippen LogP contribution in [-0.4, -0.2) is 82.4 Å². The molecule has 0 unspecified atom stereocenters. The third-order valence-corrected chi connectivity index (χ3v) is 10.0. The minimum Gasteiger partial charge on any atom is -0.461 e. The molecule has 3 aliphatic heterocycles. The molecule has 11 heteroatoms. The van der Waals surface area contributed by atoms with Crippen molar-refractivity contribution in [3.8, 4) is 29.6 Å². The van der Waals surface area contributed by atoms with Crippen molar-refractivity contribution in [3.05, 3.63) is 53.7 Å². The summed E-state index contributed by atoms with van der Waals surface area (Å²) in [6, 6.07) is 7.34. The minimum atomic E-state index is -2.39. The van der Waals surface area contributed by atoms with Crippen LogP contribution in [0.15, 0.2) is 36.5 Å². The maximum Gasteiger partial charge on any atom is 0.319 e. The molecule has 7 nitrogen and oxygen atoms in total. The van der Waals surface area contributed by atoms with Gasteiger partial charge in [0, 0.05) is 42.6 Å². The molecule has 0 radical (unpaired) electrons. The standard InChI is InChI=1S/C33H29ClF3N5O2/c1-2-20-24(36)8-7-18-5-3-6-21(25(18)20)28-27(37)29-22(14-38-28)31(42-11-12-43-16-23-26(34)30(23)42)40-32(39-29)44-17-33-9-4-10-41(33)15-19(35)13-33/h1,3,5-8,14,19,23,26,30H,4,9-13,15-17H2/t19-,23+,26+,30+,33+/m1/s1/i17D2. The van der Waals surface area contributed by atoms with Crippen molar-refractivity contribution in [1.82, 2.24) is 19.9 Å². The summed E-state index contributed by atoms with van der Waals surface area (Å²) < 4.78 is 76.0. The summed E-state index contributed by atoms with van der Waals surface area (Å²) in [7, 11) is 0. The molecule has 1 saturated carbocycles. The molecule has 4 fully saturated rings. The number of pyridine rings is 1. The van der Waals surface area contributed by atoms with E-state index >= 15 is 4.39 Å². The van der Waals surface area contributed by atoms with Gasteiger partial charge in [-0.25, -0.2) is 13.2 Å². The maximum absolute atomic E-state index is 16.8. The first-order chi connectivity index (χ1) is 22.1. The summed E-state index contributed by atoms with van der Waals surface area (Å²) in [5.41, 5.74) is -1.23. The molecule has 5 atom stereocenters. The van der Waals surface area contributed by atoms with Crippen LogP contribution in [0.2, 0.25) is 0 Å². The van der Waals surface area contributed by atoms with Crippen LogP contribution in [0.3, 0.4) is 0 Å². The largest absolute Gasteiger partial charge is 0.461 e. The quantitative estimate of drug-likeness (QED) is 0.215. The number of benzene rings is 2. The lowest BCUT2D eigenvalue weighted by atomic mass is 9.95. The maximum atomic E-state index is 16.8. The first-order valence-electron chi connectivity index (χ1n) is 15.7. The highest BCUT2D eigenvalue weighted by molar-refractivity contribution is 6.24. The Balaban J connectivity index is 1.31. The number of aromatic nitrogens is 3. The number of terminal acetylenes is 1. The number of hydrogen-bond donors (Lipinski definition) is 0. The summed E-state index contributed by atoms with van der Waals surface area (Å²) in [4.78, 5) is 17.3. The predicted octanol–water partition coefficient (Wildman–Crippen LogP) is 5.50. The Kier molecular flexibility index (Phi) is 6.10. The predicted molar refractivity (Wildman–Crippen MR) is 162 cm³/mol. The lowest BCUT2D eigenvalue weighted by Gasteiger charge is -2.31. The van der Waals surface area contributed by atoms with Crippen LogP contribution in [0.25, 0.3) is 32.9 Å². The zero-order valence-electron chi connectivity index (χ0n) is 25.6. The second-order valence-electron chi connectivity index (χ2n) is 11.9. The van der Waals surface area contributed by atoms with Gasteiger partial charge >= 0.3 is 6.01 Å². The van der Waals surface area contributed by atoms with Gasteiger partial charge in [0.25, 0.3) is 0 Å². The van der Waals surface area contributed by atoms with Crippen LogP contribution >= 0.6 is 11.6 Å². The molecule has 4 aromatic rings. The zero-order chi connectivity index (χ0) is 32.0. The summed E-state index contributed by atoms with van der Waals surface area (Å²) >= 11 is 6.63. The number of anilines is 1. The van der Waals surface area contributed by atoms with E-state index in [1.54, 1.807) is 29.2 Å². The summed E-state index contributed by atoms with van der Waals surface area (Å²) in [6.45, 7) is -0.485. The van der Waals surface area contributed by atoms with Crippen molar-refractivity contribution >= 4 is 39.1 Å². The van der Waals surface area contributed by atoms with Crippen LogP contribution < -0.4 is 9.64 Å². The van der Waals surface area contributed by atoms with E-state index in [0.29, 0.717) is 49.9 Å². The van der Waals surface area contributed by atoms with E-state index in [0.717, 1.165) is 0 Å². The van der Waals surface area contributed by atoms with Crippen molar-refractivity contribution in [2.45, 2.75) is 42.4 Å². The van der Waals surface area contributed by atoms with Crippen LogP contribution in [0.4, 0.5) is 19.0 Å². The van der Waals surface area contributed by atoms with Crippen molar-refractivity contribution in [2.75, 3.05) is 44.3 Å². The Morgan fingerprint density at radius 3 is 2.98 bits per heavy atom. The Morgan fingerprint density at radius 1 is 1.23 bits per heavy atom. The summed E-state index contributed by atoms with van der Waals surface area (Å²) in [6.07, 6.45) is 7.01. The van der Waals surface area contributed by atoms with Gasteiger partial charge < -0.3 is 14.4 Å². The van der Waals surface area contributed by atoms with E-state index < -0.39 is 35.9 Å². The molecule has 5 heterocycles. The van der Waals surface area contributed by atoms with Crippen LogP contribution in [0.5, 0.6) is 6.01 Å². The molecule has 44 heavy (non-hydrogen) atoms. The van der Waals surface area contributed by atoms with Crippen molar-refractivity contribution in [3.63, 3.8) is 0 Å². The number of hydrogen-bond acceptors (Lipinski definition) is 7. The molecule has 4 aliphatic rings. The van der Waals surface area contributed by atoms with E-state index in [2.05, 4.69) is 20.9 Å². The molecule has 2 aromatic carbocycles. The number of alkyl halides is 2. The summed E-state index contributed by atoms with van der Waals surface area (Å²) in [5, 5.41) is 0.974. The minimum absolute atomic E-state index is 0.0180. The van der Waals surface area contributed by atoms with Gasteiger partial charge in [0.2, 0.25) is 0 Å². The molecule has 3 saturated heterocycles. The fourth-order valence-corrected chi connectivity index (χ4v) is 7.71. The fraction of sp³-hybridized carbons (Fsp3) is 0.424. The van der Waals surface area contributed by atoms with Gasteiger partial charge in [-0.15, -0.1) is 18.0 Å². The Labute approximate surface area is 260 Å². The molecule has 8 rings (SSSR count). The van der Waals surface area contributed by atoms with Gasteiger partial charge in [0.1, 0.15) is 35.6 Å². The molecule has 0 bridgehead atoms.